The van der Waals surface area contributed by atoms with Crippen molar-refractivity contribution in [3.8, 4) is 0 Å². The van der Waals surface area contributed by atoms with Crippen LogP contribution in [0, 0.1) is 10.1 Å². The molecule has 3 aromatic carbocycles. The highest BCUT2D eigenvalue weighted by Crippen LogP contribution is 2.27. The van der Waals surface area contributed by atoms with Crippen molar-refractivity contribution in [3.05, 3.63) is 93.8 Å². The smallest absolute Gasteiger partial charge is 0.279 e. The number of aromatic nitrogens is 1. The first-order valence-corrected chi connectivity index (χ1v) is 9.35. The number of non-ortho nitro benzene ring substituents is 1. The lowest BCUT2D eigenvalue weighted by Crippen LogP contribution is -2.16. The molecule has 1 amide bonds. The number of thiazole rings is 1. The lowest BCUT2D eigenvalue weighted by molar-refractivity contribution is -0.384. The second-order valence-electron chi connectivity index (χ2n) is 6.14. The number of hydrogen-bond donors (Lipinski definition) is 0. The van der Waals surface area contributed by atoms with E-state index in [0.29, 0.717) is 11.3 Å². The zero-order valence-corrected chi connectivity index (χ0v) is 15.6. The molecule has 0 N–H and O–H groups in total. The number of nitrogens with zero attached hydrogens (tertiary/aromatic N) is 3. The van der Waals surface area contributed by atoms with Crippen LogP contribution in [0.4, 0.5) is 5.69 Å². The van der Waals surface area contributed by atoms with Gasteiger partial charge >= 0.3 is 0 Å². The number of fused-ring (bicyclic) bond motifs is 3. The SMILES string of the molecule is C=CCn1c(=NC(=O)c2cccc([N+](=O)[O-])c2)sc2c3ccccc3ccc21. The zero-order valence-electron chi connectivity index (χ0n) is 14.7. The average molecular weight is 389 g/mol. The normalized spacial score (nSPS) is 11.8. The number of amides is 1. The Bertz CT molecular complexity index is 1320. The minimum atomic E-state index is -0.528. The number of allylic oxidation sites excluding steroid dienone is 1. The van der Waals surface area contributed by atoms with E-state index in [1.807, 2.05) is 41.0 Å². The fourth-order valence-electron chi connectivity index (χ4n) is 3.09. The van der Waals surface area contributed by atoms with Crippen LogP contribution in [0.5, 0.6) is 0 Å². The molecule has 1 aromatic heterocycles. The summed E-state index contributed by atoms with van der Waals surface area (Å²) in [6.07, 6.45) is 1.75. The maximum atomic E-state index is 12.7. The summed E-state index contributed by atoms with van der Waals surface area (Å²) >= 11 is 1.42. The highest BCUT2D eigenvalue weighted by molar-refractivity contribution is 7.17. The van der Waals surface area contributed by atoms with Crippen molar-refractivity contribution in [2.75, 3.05) is 0 Å². The van der Waals surface area contributed by atoms with Crippen LogP contribution in [-0.4, -0.2) is 15.4 Å². The maximum Gasteiger partial charge on any atom is 0.279 e. The Labute approximate surface area is 163 Å². The van der Waals surface area contributed by atoms with Crippen LogP contribution in [0.3, 0.4) is 0 Å². The number of nitro groups is 1. The van der Waals surface area contributed by atoms with Crippen LogP contribution in [0.15, 0.2) is 78.3 Å². The van der Waals surface area contributed by atoms with Crippen molar-refractivity contribution in [1.29, 1.82) is 0 Å². The Kier molecular flexibility index (Phi) is 4.58. The molecule has 0 aliphatic rings. The van der Waals surface area contributed by atoms with Crippen LogP contribution in [-0.2, 0) is 6.54 Å². The summed E-state index contributed by atoms with van der Waals surface area (Å²) in [5.74, 6) is -0.516. The van der Waals surface area contributed by atoms with Crippen molar-refractivity contribution in [1.82, 2.24) is 4.57 Å². The molecule has 0 spiro atoms. The van der Waals surface area contributed by atoms with E-state index in [0.717, 1.165) is 21.0 Å². The van der Waals surface area contributed by atoms with Gasteiger partial charge in [-0.15, -0.1) is 6.58 Å². The molecule has 0 fully saturated rings. The molecule has 0 saturated carbocycles. The lowest BCUT2D eigenvalue weighted by atomic mass is 10.1. The minimum absolute atomic E-state index is 0.137. The van der Waals surface area contributed by atoms with Crippen LogP contribution in [0.25, 0.3) is 21.0 Å². The van der Waals surface area contributed by atoms with E-state index in [9.17, 15) is 14.9 Å². The van der Waals surface area contributed by atoms with Gasteiger partial charge in [0.25, 0.3) is 11.6 Å². The molecule has 7 heteroatoms. The highest BCUT2D eigenvalue weighted by Gasteiger charge is 2.13. The molecule has 4 rings (SSSR count). The van der Waals surface area contributed by atoms with Gasteiger partial charge in [-0.3, -0.25) is 14.9 Å². The van der Waals surface area contributed by atoms with Crippen LogP contribution in [0.1, 0.15) is 10.4 Å². The lowest BCUT2D eigenvalue weighted by Gasteiger charge is -2.03. The van der Waals surface area contributed by atoms with Gasteiger partial charge in [0.1, 0.15) is 0 Å². The van der Waals surface area contributed by atoms with Gasteiger partial charge < -0.3 is 4.57 Å². The Balaban J connectivity index is 1.91. The molecule has 4 aromatic rings. The summed E-state index contributed by atoms with van der Waals surface area (Å²) in [6, 6.07) is 17.7. The van der Waals surface area contributed by atoms with E-state index in [-0.39, 0.29) is 11.3 Å². The highest BCUT2D eigenvalue weighted by atomic mass is 32.1. The quantitative estimate of drug-likeness (QED) is 0.289. The van der Waals surface area contributed by atoms with Gasteiger partial charge in [-0.2, -0.15) is 4.99 Å². The van der Waals surface area contributed by atoms with Gasteiger partial charge in [-0.1, -0.05) is 53.8 Å². The summed E-state index contributed by atoms with van der Waals surface area (Å²) in [6.45, 7) is 4.30. The number of nitro benzene ring substituents is 1. The molecule has 0 aliphatic carbocycles. The van der Waals surface area contributed by atoms with Crippen LogP contribution in [0.2, 0.25) is 0 Å². The average Bonchev–Trinajstić information content (AvgIpc) is 3.06. The fraction of sp³-hybridized carbons (Fsp3) is 0.0476. The molecule has 6 nitrogen and oxygen atoms in total. The monoisotopic (exact) mass is 389 g/mol. The van der Waals surface area contributed by atoms with E-state index in [1.54, 1.807) is 6.08 Å². The Morgan fingerprint density at radius 2 is 2.00 bits per heavy atom. The van der Waals surface area contributed by atoms with Gasteiger partial charge in [0.05, 0.1) is 15.1 Å². The summed E-state index contributed by atoms with van der Waals surface area (Å²) < 4.78 is 2.96. The van der Waals surface area contributed by atoms with E-state index < -0.39 is 10.8 Å². The Morgan fingerprint density at radius 3 is 2.79 bits per heavy atom. The Hall–Kier alpha value is -3.58. The Morgan fingerprint density at radius 1 is 1.18 bits per heavy atom. The second-order valence-corrected chi connectivity index (χ2v) is 7.12. The number of benzene rings is 3. The van der Waals surface area contributed by atoms with Crippen LogP contribution < -0.4 is 4.80 Å². The minimum Gasteiger partial charge on any atom is -0.312 e. The molecule has 0 saturated heterocycles. The molecular formula is C21H15N3O3S. The summed E-state index contributed by atoms with van der Waals surface area (Å²) in [5, 5.41) is 13.2. The number of carbonyl (C=O) groups excluding carboxylic acids is 1. The van der Waals surface area contributed by atoms with E-state index in [4.69, 9.17) is 0 Å². The van der Waals surface area contributed by atoms with E-state index in [2.05, 4.69) is 11.6 Å². The maximum absolute atomic E-state index is 12.7. The van der Waals surface area contributed by atoms with Crippen molar-refractivity contribution < 1.29 is 9.72 Å². The molecule has 28 heavy (non-hydrogen) atoms. The third kappa shape index (κ3) is 3.12. The van der Waals surface area contributed by atoms with Gasteiger partial charge in [-0.25, -0.2) is 0 Å². The summed E-state index contributed by atoms with van der Waals surface area (Å²) in [4.78, 5) is 27.9. The van der Waals surface area contributed by atoms with Crippen molar-refractivity contribution >= 4 is 43.9 Å². The molecule has 0 unspecified atom stereocenters. The van der Waals surface area contributed by atoms with Gasteiger partial charge in [-0.05, 0) is 17.5 Å². The first-order valence-electron chi connectivity index (χ1n) is 8.54. The molecule has 0 aliphatic heterocycles. The predicted molar refractivity (Wildman–Crippen MR) is 111 cm³/mol. The fourth-order valence-corrected chi connectivity index (χ4v) is 4.27. The van der Waals surface area contributed by atoms with E-state index >= 15 is 0 Å². The molecular weight excluding hydrogens is 374 g/mol. The molecule has 138 valence electrons. The molecule has 0 bridgehead atoms. The third-order valence-corrected chi connectivity index (χ3v) is 5.51. The van der Waals surface area contributed by atoms with Crippen molar-refractivity contribution in [2.24, 2.45) is 4.99 Å². The van der Waals surface area contributed by atoms with Crippen LogP contribution >= 0.6 is 11.3 Å². The van der Waals surface area contributed by atoms with Gasteiger partial charge in [0, 0.05) is 29.6 Å². The topological polar surface area (TPSA) is 77.5 Å². The predicted octanol–water partition coefficient (Wildman–Crippen LogP) is 4.69. The van der Waals surface area contributed by atoms with Gasteiger partial charge in [0.2, 0.25) is 0 Å². The number of hydrogen-bond acceptors (Lipinski definition) is 4. The van der Waals surface area contributed by atoms with E-state index in [1.165, 1.54) is 35.6 Å². The summed E-state index contributed by atoms with van der Waals surface area (Å²) in [7, 11) is 0. The number of rotatable bonds is 4. The third-order valence-electron chi connectivity index (χ3n) is 4.39. The second kappa shape index (κ2) is 7.21. The number of carbonyl (C=O) groups is 1. The van der Waals surface area contributed by atoms with Crippen molar-refractivity contribution in [2.45, 2.75) is 6.54 Å². The molecule has 0 radical (unpaired) electrons. The zero-order chi connectivity index (χ0) is 19.7. The standard InChI is InChI=1S/C21H15N3O3S/c1-2-12-23-18-11-10-14-6-3-4-9-17(14)19(18)28-21(23)22-20(25)15-7-5-8-16(13-15)24(26)27/h2-11,13H,1,12H2. The summed E-state index contributed by atoms with van der Waals surface area (Å²) in [5.41, 5.74) is 1.01. The first-order chi connectivity index (χ1) is 13.6. The molecule has 0 atom stereocenters. The van der Waals surface area contributed by atoms with Gasteiger partial charge in [0.15, 0.2) is 4.80 Å². The van der Waals surface area contributed by atoms with Crippen molar-refractivity contribution in [3.63, 3.8) is 0 Å². The first kappa shape index (κ1) is 17.8. The largest absolute Gasteiger partial charge is 0.312 e. The molecule has 1 heterocycles.